The van der Waals surface area contributed by atoms with E-state index in [1.807, 2.05) is 20.8 Å². The van der Waals surface area contributed by atoms with Gasteiger partial charge in [0.1, 0.15) is 0 Å². The highest BCUT2D eigenvalue weighted by molar-refractivity contribution is 5.93. The maximum absolute atomic E-state index is 12.0. The smallest absolute Gasteiger partial charge is 0.287 e. The Morgan fingerprint density at radius 1 is 1.50 bits per heavy atom. The van der Waals surface area contributed by atoms with Crippen molar-refractivity contribution in [1.82, 2.24) is 5.32 Å². The molecule has 0 bridgehead atoms. The van der Waals surface area contributed by atoms with E-state index >= 15 is 0 Å². The van der Waals surface area contributed by atoms with Crippen molar-refractivity contribution in [3.05, 3.63) is 23.7 Å². The normalized spacial score (nSPS) is 11.5. The van der Waals surface area contributed by atoms with Gasteiger partial charge in [-0.15, -0.1) is 0 Å². The van der Waals surface area contributed by atoms with E-state index in [1.165, 1.54) is 6.26 Å². The number of hydrogen-bond donors (Lipinski definition) is 2. The van der Waals surface area contributed by atoms with Gasteiger partial charge in [0.25, 0.3) is 5.91 Å². The molecule has 0 spiro atoms. The summed E-state index contributed by atoms with van der Waals surface area (Å²) in [6.07, 6.45) is 3.14. The topological polar surface area (TPSA) is 68.3 Å². The molecule has 0 fully saturated rings. The first-order chi connectivity index (χ1) is 7.58. The number of carbonyl (C=O) groups excluding carboxylic acids is 1. The van der Waals surface area contributed by atoms with Crippen LogP contribution in [0.2, 0.25) is 0 Å². The first kappa shape index (κ1) is 12.8. The zero-order chi connectivity index (χ0) is 12.2. The largest absolute Gasteiger partial charge is 0.459 e. The average Bonchev–Trinajstić information content (AvgIpc) is 2.72. The number of nitrogens with one attached hydrogen (secondary N) is 1. The van der Waals surface area contributed by atoms with Crippen LogP contribution in [0.25, 0.3) is 0 Å². The average molecular weight is 224 g/mol. The van der Waals surface area contributed by atoms with Crippen LogP contribution in [0.4, 0.5) is 0 Å². The van der Waals surface area contributed by atoms with Crippen molar-refractivity contribution in [3.63, 3.8) is 0 Å². The van der Waals surface area contributed by atoms with Gasteiger partial charge in [-0.2, -0.15) is 0 Å². The Morgan fingerprint density at radius 2 is 2.12 bits per heavy atom. The number of carbonyl (C=O) groups is 1. The van der Waals surface area contributed by atoms with Crippen LogP contribution in [-0.2, 0) is 0 Å². The minimum Gasteiger partial charge on any atom is -0.459 e. The predicted molar refractivity (Wildman–Crippen MR) is 63.3 cm³/mol. The van der Waals surface area contributed by atoms with E-state index in [1.54, 1.807) is 6.07 Å². The minimum absolute atomic E-state index is 0.184. The van der Waals surface area contributed by atoms with E-state index in [4.69, 9.17) is 10.2 Å². The lowest BCUT2D eigenvalue weighted by molar-refractivity contribution is 0.0865. The number of nitrogens with two attached hydrogens (primary N) is 1. The van der Waals surface area contributed by atoms with Crippen LogP contribution in [0.3, 0.4) is 0 Å². The Morgan fingerprint density at radius 3 is 2.50 bits per heavy atom. The van der Waals surface area contributed by atoms with Gasteiger partial charge in [-0.05, 0) is 25.8 Å². The Kier molecular flexibility index (Phi) is 4.12. The van der Waals surface area contributed by atoms with Gasteiger partial charge in [0.05, 0.1) is 11.8 Å². The van der Waals surface area contributed by atoms with Crippen LogP contribution >= 0.6 is 0 Å². The Labute approximate surface area is 96.2 Å². The van der Waals surface area contributed by atoms with E-state index in [9.17, 15) is 4.79 Å². The number of hydrogen-bond acceptors (Lipinski definition) is 3. The Hall–Kier alpha value is -1.29. The number of rotatable bonds is 5. The summed E-state index contributed by atoms with van der Waals surface area (Å²) < 4.78 is 5.15. The third-order valence-electron chi connectivity index (χ3n) is 3.19. The molecule has 1 rings (SSSR count). The first-order valence-corrected chi connectivity index (χ1v) is 5.65. The molecular weight excluding hydrogens is 204 g/mol. The fourth-order valence-corrected chi connectivity index (χ4v) is 1.67. The monoisotopic (exact) mass is 224 g/mol. The van der Waals surface area contributed by atoms with E-state index in [0.29, 0.717) is 12.3 Å². The summed E-state index contributed by atoms with van der Waals surface area (Å²) in [5, 5.41) is 2.97. The summed E-state index contributed by atoms with van der Waals surface area (Å²) in [6, 6.07) is 1.77. The summed E-state index contributed by atoms with van der Waals surface area (Å²) >= 11 is 0. The van der Waals surface area contributed by atoms with Gasteiger partial charge in [0.2, 0.25) is 0 Å². The highest BCUT2D eigenvalue weighted by Gasteiger charge is 2.28. The predicted octanol–water partition coefficient (Wildman–Crippen LogP) is 1.84. The maximum atomic E-state index is 12.0. The molecule has 0 aliphatic carbocycles. The highest BCUT2D eigenvalue weighted by atomic mass is 16.3. The Bertz CT molecular complexity index is 345. The second-order valence-corrected chi connectivity index (χ2v) is 4.08. The van der Waals surface area contributed by atoms with E-state index in [2.05, 4.69) is 5.32 Å². The van der Waals surface area contributed by atoms with Gasteiger partial charge >= 0.3 is 0 Å². The lowest BCUT2D eigenvalue weighted by Crippen LogP contribution is -2.52. The molecule has 3 N–H and O–H groups in total. The van der Waals surface area contributed by atoms with Crippen molar-refractivity contribution < 1.29 is 9.21 Å². The molecule has 1 amide bonds. The van der Waals surface area contributed by atoms with Crippen LogP contribution in [0.15, 0.2) is 16.7 Å². The zero-order valence-electron chi connectivity index (χ0n) is 10.2. The molecule has 4 nitrogen and oxygen atoms in total. The van der Waals surface area contributed by atoms with Gasteiger partial charge in [0, 0.05) is 12.1 Å². The molecule has 0 saturated heterocycles. The quantitative estimate of drug-likeness (QED) is 0.801. The van der Waals surface area contributed by atoms with Gasteiger partial charge < -0.3 is 15.5 Å². The summed E-state index contributed by atoms with van der Waals surface area (Å²) in [7, 11) is 0. The molecule has 1 aromatic rings. The van der Waals surface area contributed by atoms with E-state index < -0.39 is 0 Å². The van der Waals surface area contributed by atoms with Crippen molar-refractivity contribution >= 4 is 5.91 Å². The van der Waals surface area contributed by atoms with Crippen LogP contribution in [0.1, 0.15) is 42.8 Å². The molecule has 0 saturated carbocycles. The molecule has 0 aliphatic rings. The van der Waals surface area contributed by atoms with E-state index in [-0.39, 0.29) is 11.4 Å². The third-order valence-corrected chi connectivity index (χ3v) is 3.19. The fraction of sp³-hybridized carbons (Fsp3) is 0.583. The van der Waals surface area contributed by atoms with Crippen molar-refractivity contribution in [2.24, 2.45) is 5.73 Å². The molecule has 1 aromatic heterocycles. The van der Waals surface area contributed by atoms with Crippen LogP contribution in [0, 0.1) is 6.92 Å². The van der Waals surface area contributed by atoms with Gasteiger partial charge in [0.15, 0.2) is 5.76 Å². The lowest BCUT2D eigenvalue weighted by atomic mass is 9.92. The molecule has 0 aromatic carbocycles. The second-order valence-electron chi connectivity index (χ2n) is 4.08. The number of aryl methyl sites for hydroxylation is 1. The van der Waals surface area contributed by atoms with Crippen LogP contribution in [0.5, 0.6) is 0 Å². The van der Waals surface area contributed by atoms with Gasteiger partial charge in [-0.3, -0.25) is 4.79 Å². The molecule has 0 aliphatic heterocycles. The van der Waals surface area contributed by atoms with Crippen LogP contribution in [-0.4, -0.2) is 18.0 Å². The third kappa shape index (κ3) is 2.44. The summed E-state index contributed by atoms with van der Waals surface area (Å²) in [6.45, 7) is 6.32. The summed E-state index contributed by atoms with van der Waals surface area (Å²) in [5.74, 6) is 0.191. The van der Waals surface area contributed by atoms with E-state index in [0.717, 1.165) is 18.4 Å². The van der Waals surface area contributed by atoms with Gasteiger partial charge in [-0.1, -0.05) is 13.8 Å². The van der Waals surface area contributed by atoms with Crippen molar-refractivity contribution in [2.75, 3.05) is 6.54 Å². The molecule has 90 valence electrons. The summed E-state index contributed by atoms with van der Waals surface area (Å²) in [4.78, 5) is 12.0. The molecule has 0 unspecified atom stereocenters. The molecule has 4 heteroatoms. The molecule has 0 atom stereocenters. The standard InChI is InChI=1S/C12H20N2O2/c1-4-12(5-2,8-13)14-11(15)10-9(3)6-7-16-10/h6-7H,4-5,8,13H2,1-3H3,(H,14,15). The Balaban J connectivity index is 2.81. The zero-order valence-corrected chi connectivity index (χ0v) is 10.2. The molecule has 1 heterocycles. The maximum Gasteiger partial charge on any atom is 0.287 e. The molecule has 0 radical (unpaired) electrons. The lowest BCUT2D eigenvalue weighted by Gasteiger charge is -2.31. The highest BCUT2D eigenvalue weighted by Crippen LogP contribution is 2.16. The number of amides is 1. The van der Waals surface area contributed by atoms with Gasteiger partial charge in [-0.25, -0.2) is 0 Å². The SMILES string of the molecule is CCC(CC)(CN)NC(=O)c1occc1C. The van der Waals surface area contributed by atoms with Crippen molar-refractivity contribution in [1.29, 1.82) is 0 Å². The molecular formula is C12H20N2O2. The fourth-order valence-electron chi connectivity index (χ4n) is 1.67. The molecule has 16 heavy (non-hydrogen) atoms. The second kappa shape index (κ2) is 5.16. The number of furan rings is 1. The minimum atomic E-state index is -0.323. The van der Waals surface area contributed by atoms with Crippen molar-refractivity contribution in [3.8, 4) is 0 Å². The summed E-state index contributed by atoms with van der Waals surface area (Å²) in [5.41, 5.74) is 6.24. The van der Waals surface area contributed by atoms with Crippen LogP contribution < -0.4 is 11.1 Å². The van der Waals surface area contributed by atoms with Crippen molar-refractivity contribution in [2.45, 2.75) is 39.2 Å². The first-order valence-electron chi connectivity index (χ1n) is 5.65.